The van der Waals surface area contributed by atoms with E-state index in [-0.39, 0.29) is 55.4 Å². The zero-order valence-corrected chi connectivity index (χ0v) is 35.4. The number of carboxylic acids is 1. The van der Waals surface area contributed by atoms with Crippen LogP contribution in [-0.4, -0.2) is 81.7 Å². The highest BCUT2D eigenvalue weighted by Crippen LogP contribution is 2.50. The number of carbonyl (C=O) groups is 2. The fraction of sp³-hybridized carbons (Fsp3) is 0.708. The molecule has 324 valence electrons. The minimum absolute atomic E-state index is 0.0699. The molecule has 4 aliphatic carbocycles. The molecule has 0 amide bonds. The quantitative estimate of drug-likeness (QED) is 0.0626. The third kappa shape index (κ3) is 12.7. The summed E-state index contributed by atoms with van der Waals surface area (Å²) in [5.74, 6) is 2.33. The molecule has 6 rings (SSSR count). The Labute approximate surface area is 346 Å². The first-order valence-corrected chi connectivity index (χ1v) is 22.6. The maximum atomic E-state index is 11.7. The number of benzene rings is 2. The summed E-state index contributed by atoms with van der Waals surface area (Å²) < 4.78 is 16.2. The highest BCUT2D eigenvalue weighted by atomic mass is 16.6. The number of aliphatic carboxylic acids is 1. The van der Waals surface area contributed by atoms with Crippen molar-refractivity contribution in [2.24, 2.45) is 35.5 Å². The van der Waals surface area contributed by atoms with Gasteiger partial charge in [-0.2, -0.15) is 0 Å². The second kappa shape index (κ2) is 23.0. The van der Waals surface area contributed by atoms with Crippen molar-refractivity contribution in [2.75, 3.05) is 19.8 Å². The van der Waals surface area contributed by atoms with Gasteiger partial charge in [0.1, 0.15) is 11.5 Å². The Kier molecular flexibility index (Phi) is 18.2. The number of carbonyl (C=O) groups excluding carboxylic acids is 1. The Morgan fingerprint density at radius 2 is 1.12 bits per heavy atom. The number of hydrogen-bond acceptors (Lipinski definition) is 9. The lowest BCUT2D eigenvalue weighted by Gasteiger charge is -2.32. The Morgan fingerprint density at radius 1 is 0.655 bits per heavy atom. The molecule has 0 aliphatic heterocycles. The highest BCUT2D eigenvalue weighted by molar-refractivity contribution is 5.71. The summed E-state index contributed by atoms with van der Waals surface area (Å²) >= 11 is 0. The van der Waals surface area contributed by atoms with Crippen LogP contribution in [0.15, 0.2) is 36.4 Å². The Hall–Kier alpha value is -3.18. The largest absolute Gasteiger partial charge is 0.482 e. The Balaban J connectivity index is 0.000000221. The van der Waals surface area contributed by atoms with E-state index in [2.05, 4.69) is 26.0 Å². The van der Waals surface area contributed by atoms with Crippen molar-refractivity contribution in [3.63, 3.8) is 0 Å². The molecule has 10 atom stereocenters. The van der Waals surface area contributed by atoms with Crippen molar-refractivity contribution in [1.29, 1.82) is 0 Å². The monoisotopic (exact) mass is 809 g/mol. The van der Waals surface area contributed by atoms with Crippen LogP contribution in [0.25, 0.3) is 0 Å². The van der Waals surface area contributed by atoms with Gasteiger partial charge in [-0.25, -0.2) is 9.59 Å². The van der Waals surface area contributed by atoms with Gasteiger partial charge in [-0.15, -0.1) is 0 Å². The predicted octanol–water partition coefficient (Wildman–Crippen LogP) is 7.64. The number of rotatable bonds is 21. The highest BCUT2D eigenvalue weighted by Gasteiger charge is 2.46. The first kappa shape index (κ1) is 45.9. The number of ether oxygens (including phenoxy) is 3. The molecule has 2 aromatic carbocycles. The summed E-state index contributed by atoms with van der Waals surface area (Å²) in [7, 11) is 0. The Bertz CT molecular complexity index is 1580. The van der Waals surface area contributed by atoms with E-state index in [1.54, 1.807) is 6.92 Å². The summed E-state index contributed by atoms with van der Waals surface area (Å²) in [6.45, 7) is 6.08. The molecule has 10 nitrogen and oxygen atoms in total. The molecular weight excluding hydrogens is 737 g/mol. The molecule has 0 bridgehead atoms. The van der Waals surface area contributed by atoms with Crippen LogP contribution in [0.4, 0.5) is 0 Å². The van der Waals surface area contributed by atoms with Crippen LogP contribution < -0.4 is 9.47 Å². The smallest absolute Gasteiger partial charge is 0.344 e. The molecule has 2 unspecified atom stereocenters. The van der Waals surface area contributed by atoms with Gasteiger partial charge >= 0.3 is 11.9 Å². The molecule has 2 saturated carbocycles. The summed E-state index contributed by atoms with van der Waals surface area (Å²) in [5, 5.41) is 50.9. The fourth-order valence-corrected chi connectivity index (χ4v) is 10.7. The van der Waals surface area contributed by atoms with Crippen LogP contribution in [0.3, 0.4) is 0 Å². The topological polar surface area (TPSA) is 163 Å². The van der Waals surface area contributed by atoms with Gasteiger partial charge in [0.25, 0.3) is 0 Å². The predicted molar refractivity (Wildman–Crippen MR) is 224 cm³/mol. The second-order valence-electron chi connectivity index (χ2n) is 17.6. The number of esters is 1. The number of hydrogen-bond donors (Lipinski definition) is 5. The van der Waals surface area contributed by atoms with Crippen molar-refractivity contribution in [3.05, 3.63) is 58.7 Å². The maximum Gasteiger partial charge on any atom is 0.344 e. The molecule has 0 aromatic heterocycles. The maximum absolute atomic E-state index is 11.7. The van der Waals surface area contributed by atoms with Crippen molar-refractivity contribution in [1.82, 2.24) is 0 Å². The fourth-order valence-electron chi connectivity index (χ4n) is 10.7. The minimum Gasteiger partial charge on any atom is -0.482 e. The second-order valence-corrected chi connectivity index (χ2v) is 17.6. The first-order valence-electron chi connectivity index (χ1n) is 22.6. The minimum atomic E-state index is -0.972. The van der Waals surface area contributed by atoms with E-state index < -0.39 is 5.97 Å². The van der Waals surface area contributed by atoms with Gasteiger partial charge in [-0.1, -0.05) is 76.6 Å². The van der Waals surface area contributed by atoms with Crippen molar-refractivity contribution >= 4 is 11.9 Å². The average molecular weight is 809 g/mol. The molecule has 0 spiro atoms. The van der Waals surface area contributed by atoms with Crippen LogP contribution in [0.1, 0.15) is 133 Å². The third-order valence-corrected chi connectivity index (χ3v) is 13.6. The number of unbranched alkanes of at least 4 members (excludes halogenated alkanes) is 4. The number of carboxylic acid groups (broad SMARTS) is 1. The molecule has 2 aromatic rings. The summed E-state index contributed by atoms with van der Waals surface area (Å²) in [4.78, 5) is 22.5. The third-order valence-electron chi connectivity index (χ3n) is 13.6. The van der Waals surface area contributed by atoms with Gasteiger partial charge in [-0.3, -0.25) is 0 Å². The average Bonchev–Trinajstić information content (AvgIpc) is 3.68. The molecular formula is C48H72O10. The van der Waals surface area contributed by atoms with Crippen molar-refractivity contribution < 1.29 is 49.3 Å². The zero-order valence-electron chi connectivity index (χ0n) is 35.4. The molecule has 0 saturated heterocycles. The summed E-state index contributed by atoms with van der Waals surface area (Å²) in [5.41, 5.74) is 4.76. The van der Waals surface area contributed by atoms with E-state index in [0.29, 0.717) is 36.0 Å². The van der Waals surface area contributed by atoms with Crippen LogP contribution in [0, 0.1) is 35.5 Å². The van der Waals surface area contributed by atoms with Crippen LogP contribution in [0.5, 0.6) is 11.5 Å². The van der Waals surface area contributed by atoms with Crippen LogP contribution in [-0.2, 0) is 40.0 Å². The van der Waals surface area contributed by atoms with Gasteiger partial charge in [-0.05, 0) is 154 Å². The van der Waals surface area contributed by atoms with Crippen molar-refractivity contribution in [3.8, 4) is 11.5 Å². The summed E-state index contributed by atoms with van der Waals surface area (Å²) in [6.07, 6.45) is 15.9. The van der Waals surface area contributed by atoms with Gasteiger partial charge in [0.15, 0.2) is 13.2 Å². The molecule has 2 fully saturated rings. The lowest BCUT2D eigenvalue weighted by atomic mass is 9.73. The van der Waals surface area contributed by atoms with Crippen LogP contribution in [0.2, 0.25) is 0 Å². The lowest BCUT2D eigenvalue weighted by Crippen LogP contribution is -2.28. The zero-order chi connectivity index (χ0) is 41.6. The SMILES string of the molecule is CCCCC[C@H](O)CC[C@H]1[C@H](O)CC2Cc3c(cccc3OCC(=O)O)C[C@@H]21.CCCCC[C@H](O)CC[C@H]1[C@H](O)CC2Cc3c(cccc3OCC(=O)OCC)C[C@@H]21. The normalized spacial score (nSPS) is 26.5. The van der Waals surface area contributed by atoms with E-state index >= 15 is 0 Å². The molecule has 58 heavy (non-hydrogen) atoms. The molecule has 0 heterocycles. The van der Waals surface area contributed by atoms with Gasteiger partial charge < -0.3 is 39.7 Å². The van der Waals surface area contributed by atoms with Crippen LogP contribution >= 0.6 is 0 Å². The first-order chi connectivity index (χ1) is 28.0. The van der Waals surface area contributed by atoms with E-state index in [4.69, 9.17) is 19.3 Å². The molecule has 10 heteroatoms. The van der Waals surface area contributed by atoms with E-state index in [9.17, 15) is 30.0 Å². The number of aliphatic hydroxyl groups excluding tert-OH is 4. The van der Waals surface area contributed by atoms with E-state index in [1.807, 2.05) is 24.3 Å². The van der Waals surface area contributed by atoms with E-state index in [0.717, 1.165) is 114 Å². The molecule has 0 radical (unpaired) electrons. The lowest BCUT2D eigenvalue weighted by molar-refractivity contribution is -0.145. The molecule has 4 aliphatic rings. The van der Waals surface area contributed by atoms with Crippen molar-refractivity contribution in [2.45, 2.75) is 161 Å². The molecule has 5 N–H and O–H groups in total. The van der Waals surface area contributed by atoms with E-state index in [1.165, 1.54) is 29.5 Å². The number of fused-ring (bicyclic) bond motifs is 4. The van der Waals surface area contributed by atoms with Gasteiger partial charge in [0.05, 0.1) is 31.0 Å². The Morgan fingerprint density at radius 3 is 1.55 bits per heavy atom. The standard InChI is InChI=1S/C25H38O5.C23H34O5/c1-3-5-6-9-19(26)11-12-20-21-13-17-8-7-10-24(30-16-25(28)29-4-2)22(17)14-18(21)15-23(20)27;1-2-3-4-7-17(24)9-10-18-19-11-15-6-5-8-22(28-14-23(26)27)20(15)12-16(19)13-21(18)25/h7-8,10,18-21,23,26-27H,3-6,9,11-16H2,1-2H3;5-6,8,16-19,21,24-25H,2-4,7,9-14H2,1H3,(H,26,27)/t18?,19-,20+,21-,23+;16?,17-,18+,19-,21+/m00/s1. The number of aliphatic hydroxyl groups is 4. The van der Waals surface area contributed by atoms with Gasteiger partial charge in [0.2, 0.25) is 0 Å². The van der Waals surface area contributed by atoms with Gasteiger partial charge in [0, 0.05) is 0 Å². The summed E-state index contributed by atoms with van der Waals surface area (Å²) in [6, 6.07) is 11.9.